The van der Waals surface area contributed by atoms with Crippen LogP contribution in [0.4, 0.5) is 5.69 Å². The third-order valence-corrected chi connectivity index (χ3v) is 3.71. The van der Waals surface area contributed by atoms with E-state index in [0.29, 0.717) is 5.56 Å². The lowest BCUT2D eigenvalue weighted by atomic mass is 9.90. The second-order valence-electron chi connectivity index (χ2n) is 4.96. The number of nitrogens with zero attached hydrogens (tertiary/aromatic N) is 2. The van der Waals surface area contributed by atoms with E-state index in [-0.39, 0.29) is 23.7 Å². The molecule has 1 aliphatic carbocycles. The maximum atomic E-state index is 12.2. The minimum Gasteiger partial charge on any atom is -0.347 e. The van der Waals surface area contributed by atoms with Gasteiger partial charge in [0.15, 0.2) is 0 Å². The number of carbonyl (C=O) groups excluding carboxylic acids is 1. The molecule has 1 N–H and O–H groups in total. The minimum absolute atomic E-state index is 0.0294. The molecule has 6 nitrogen and oxygen atoms in total. The predicted octanol–water partition coefficient (Wildman–Crippen LogP) is 2.74. The zero-order chi connectivity index (χ0) is 15.2. The van der Waals surface area contributed by atoms with Gasteiger partial charge in [-0.3, -0.25) is 14.9 Å². The molecule has 1 saturated carbocycles. The molecule has 0 bridgehead atoms. The molecular weight excluding hydrogens is 290 g/mol. The average Bonchev–Trinajstić information content (AvgIpc) is 2.49. The maximum Gasteiger partial charge on any atom is 0.269 e. The van der Waals surface area contributed by atoms with Crippen LogP contribution >= 0.6 is 12.2 Å². The van der Waals surface area contributed by atoms with E-state index in [9.17, 15) is 14.9 Å². The number of rotatable bonds is 4. The summed E-state index contributed by atoms with van der Waals surface area (Å²) >= 11 is 4.64. The van der Waals surface area contributed by atoms with Crippen molar-refractivity contribution in [2.45, 2.75) is 37.8 Å². The first-order valence-corrected chi connectivity index (χ1v) is 7.15. The van der Waals surface area contributed by atoms with E-state index in [0.717, 1.165) is 25.7 Å². The number of carbonyl (C=O) groups is 1. The molecule has 21 heavy (non-hydrogen) atoms. The fourth-order valence-corrected chi connectivity index (χ4v) is 2.62. The van der Waals surface area contributed by atoms with Gasteiger partial charge >= 0.3 is 0 Å². The lowest BCUT2D eigenvalue weighted by molar-refractivity contribution is -0.384. The maximum absolute atomic E-state index is 12.2. The van der Waals surface area contributed by atoms with Crippen LogP contribution in [0.15, 0.2) is 29.3 Å². The molecule has 0 aromatic heterocycles. The highest BCUT2D eigenvalue weighted by molar-refractivity contribution is 7.78. The van der Waals surface area contributed by atoms with Crippen LogP contribution in [-0.4, -0.2) is 28.1 Å². The summed E-state index contributed by atoms with van der Waals surface area (Å²) in [6.07, 6.45) is 3.84. The van der Waals surface area contributed by atoms with Gasteiger partial charge in [-0.05, 0) is 37.2 Å². The Kier molecular flexibility index (Phi) is 5.14. The molecule has 110 valence electrons. The van der Waals surface area contributed by atoms with E-state index in [2.05, 4.69) is 27.7 Å². The van der Waals surface area contributed by atoms with E-state index in [1.807, 2.05) is 0 Å². The molecule has 1 aliphatic rings. The van der Waals surface area contributed by atoms with Crippen molar-refractivity contribution in [3.63, 3.8) is 0 Å². The van der Waals surface area contributed by atoms with E-state index in [1.165, 1.54) is 24.3 Å². The zero-order valence-corrected chi connectivity index (χ0v) is 12.1. The Morgan fingerprint density at radius 1 is 1.33 bits per heavy atom. The lowest BCUT2D eigenvalue weighted by Gasteiger charge is -2.28. The molecule has 2 rings (SSSR count). The largest absolute Gasteiger partial charge is 0.347 e. The van der Waals surface area contributed by atoms with Gasteiger partial charge in [-0.25, -0.2) is 4.99 Å². The molecule has 0 aliphatic heterocycles. The third kappa shape index (κ3) is 3.93. The molecule has 1 aromatic rings. The van der Waals surface area contributed by atoms with Crippen LogP contribution in [0.5, 0.6) is 0 Å². The van der Waals surface area contributed by atoms with Crippen LogP contribution in [0.2, 0.25) is 0 Å². The first-order chi connectivity index (χ1) is 10.1. The summed E-state index contributed by atoms with van der Waals surface area (Å²) in [5.74, 6) is -0.249. The topological polar surface area (TPSA) is 84.6 Å². The summed E-state index contributed by atoms with van der Waals surface area (Å²) < 4.78 is 0. The minimum atomic E-state index is -0.493. The number of nitro benzene ring substituents is 1. The summed E-state index contributed by atoms with van der Waals surface area (Å²) in [7, 11) is 0. The average molecular weight is 305 g/mol. The van der Waals surface area contributed by atoms with Gasteiger partial charge < -0.3 is 5.32 Å². The number of isothiocyanates is 1. The Balaban J connectivity index is 2.05. The van der Waals surface area contributed by atoms with Crippen molar-refractivity contribution in [1.29, 1.82) is 0 Å². The monoisotopic (exact) mass is 305 g/mol. The second kappa shape index (κ2) is 7.06. The van der Waals surface area contributed by atoms with Crippen LogP contribution < -0.4 is 5.32 Å². The number of hydrogen-bond donors (Lipinski definition) is 1. The summed E-state index contributed by atoms with van der Waals surface area (Å²) in [6, 6.07) is 5.46. The summed E-state index contributed by atoms with van der Waals surface area (Å²) in [6.45, 7) is 0. The lowest BCUT2D eigenvalue weighted by Crippen LogP contribution is -2.44. The van der Waals surface area contributed by atoms with Crippen molar-refractivity contribution in [1.82, 2.24) is 5.32 Å². The zero-order valence-electron chi connectivity index (χ0n) is 11.3. The molecule has 0 saturated heterocycles. The second-order valence-corrected chi connectivity index (χ2v) is 5.14. The fourth-order valence-electron chi connectivity index (χ4n) is 2.49. The van der Waals surface area contributed by atoms with Gasteiger partial charge in [-0.15, -0.1) is 0 Å². The highest BCUT2D eigenvalue weighted by Crippen LogP contribution is 2.21. The molecule has 0 radical (unpaired) electrons. The van der Waals surface area contributed by atoms with Gasteiger partial charge in [0.05, 0.1) is 22.2 Å². The van der Waals surface area contributed by atoms with E-state index in [1.54, 1.807) is 0 Å². The summed E-state index contributed by atoms with van der Waals surface area (Å²) in [5, 5.41) is 15.9. The number of aliphatic imine (C=N–C) groups is 1. The SMILES string of the molecule is O=C(N[C@@H]1CCCC[C@H]1N=C=S)c1ccc([N+](=O)[O-])cc1. The fraction of sp³-hybridized carbons (Fsp3) is 0.429. The Hall–Kier alpha value is -2.11. The van der Waals surface area contributed by atoms with Crippen molar-refractivity contribution in [3.8, 4) is 0 Å². The highest BCUT2D eigenvalue weighted by atomic mass is 32.1. The number of nitrogens with one attached hydrogen (secondary N) is 1. The Labute approximate surface area is 127 Å². The Bertz CT molecular complexity index is 582. The third-order valence-electron chi connectivity index (χ3n) is 3.60. The van der Waals surface area contributed by atoms with Crippen LogP contribution in [-0.2, 0) is 0 Å². The van der Waals surface area contributed by atoms with Gasteiger partial charge in [0.1, 0.15) is 0 Å². The van der Waals surface area contributed by atoms with Gasteiger partial charge in [0.2, 0.25) is 0 Å². The van der Waals surface area contributed by atoms with Crippen molar-refractivity contribution in [3.05, 3.63) is 39.9 Å². The molecule has 7 heteroatoms. The van der Waals surface area contributed by atoms with Gasteiger partial charge in [0, 0.05) is 17.7 Å². The number of amides is 1. The van der Waals surface area contributed by atoms with Crippen molar-refractivity contribution < 1.29 is 9.72 Å². The molecule has 2 atom stereocenters. The number of non-ortho nitro benzene ring substituents is 1. The summed E-state index contributed by atoms with van der Waals surface area (Å²) in [5.41, 5.74) is 0.364. The highest BCUT2D eigenvalue weighted by Gasteiger charge is 2.26. The van der Waals surface area contributed by atoms with Crippen molar-refractivity contribution >= 4 is 29.0 Å². The summed E-state index contributed by atoms with van der Waals surface area (Å²) in [4.78, 5) is 26.4. The molecule has 0 unspecified atom stereocenters. The van der Waals surface area contributed by atoms with Crippen molar-refractivity contribution in [2.75, 3.05) is 0 Å². The van der Waals surface area contributed by atoms with Crippen molar-refractivity contribution in [2.24, 2.45) is 4.99 Å². The van der Waals surface area contributed by atoms with Gasteiger partial charge in [0.25, 0.3) is 11.6 Å². The predicted molar refractivity (Wildman–Crippen MR) is 81.6 cm³/mol. The van der Waals surface area contributed by atoms with Crippen LogP contribution in [0.1, 0.15) is 36.0 Å². The van der Waals surface area contributed by atoms with Gasteiger partial charge in [-0.2, -0.15) is 0 Å². The standard InChI is InChI=1S/C14H15N3O3S/c18-14(10-5-7-11(8-6-10)17(19)20)16-13-4-2-1-3-12(13)15-9-21/h5-8,12-13H,1-4H2,(H,16,18)/t12-,13-/m1/s1. The Morgan fingerprint density at radius 2 is 2.00 bits per heavy atom. The van der Waals surface area contributed by atoms with Crippen LogP contribution in [0.3, 0.4) is 0 Å². The van der Waals surface area contributed by atoms with Crippen LogP contribution in [0, 0.1) is 10.1 Å². The van der Waals surface area contributed by atoms with E-state index in [4.69, 9.17) is 0 Å². The van der Waals surface area contributed by atoms with E-state index >= 15 is 0 Å². The molecule has 0 heterocycles. The Morgan fingerprint density at radius 3 is 2.62 bits per heavy atom. The van der Waals surface area contributed by atoms with E-state index < -0.39 is 4.92 Å². The smallest absolute Gasteiger partial charge is 0.269 e. The quantitative estimate of drug-likeness (QED) is 0.401. The first-order valence-electron chi connectivity index (χ1n) is 6.74. The normalized spacial score (nSPS) is 21.1. The molecule has 1 aromatic carbocycles. The molecular formula is C14H15N3O3S. The number of hydrogen-bond acceptors (Lipinski definition) is 5. The molecule has 0 spiro atoms. The number of thiocarbonyl (C=S) groups is 1. The number of benzene rings is 1. The van der Waals surface area contributed by atoms with Gasteiger partial charge in [-0.1, -0.05) is 12.8 Å². The number of nitro groups is 1. The molecule has 1 fully saturated rings. The molecule has 1 amide bonds. The first kappa shape index (κ1) is 15.3. The van der Waals surface area contributed by atoms with Crippen LogP contribution in [0.25, 0.3) is 0 Å².